The monoisotopic (exact) mass is 339 g/mol. The smallest absolute Gasteiger partial charge is 0.404 e. The van der Waals surface area contributed by atoms with Gasteiger partial charge in [0.25, 0.3) is 0 Å². The van der Waals surface area contributed by atoms with E-state index in [4.69, 9.17) is 28.3 Å². The molecule has 2 aromatic carbocycles. The Morgan fingerprint density at radius 3 is 2.32 bits per heavy atom. The number of rotatable bonds is 5. The third-order valence-electron chi connectivity index (χ3n) is 3.37. The Labute approximate surface area is 138 Å². The molecule has 22 heavy (non-hydrogen) atoms. The third kappa shape index (κ3) is 4.13. The number of hydrogen-bond acceptors (Lipinski definition) is 2. The van der Waals surface area contributed by atoms with E-state index in [0.29, 0.717) is 21.2 Å². The highest BCUT2D eigenvalue weighted by Gasteiger charge is 2.24. The van der Waals surface area contributed by atoms with Crippen molar-refractivity contribution < 1.29 is 15.0 Å². The number of benzene rings is 2. The van der Waals surface area contributed by atoms with Gasteiger partial charge in [-0.05, 0) is 23.3 Å². The Morgan fingerprint density at radius 1 is 1.05 bits per heavy atom. The molecule has 3 N–H and O–H groups in total. The normalized spacial score (nSPS) is 13.4. The summed E-state index contributed by atoms with van der Waals surface area (Å²) in [4.78, 5) is 10.8. The van der Waals surface area contributed by atoms with Gasteiger partial charge in [0.15, 0.2) is 0 Å². The zero-order valence-electron chi connectivity index (χ0n) is 11.5. The van der Waals surface area contributed by atoms with E-state index in [1.165, 1.54) is 0 Å². The Bertz CT molecular complexity index is 649. The largest absolute Gasteiger partial charge is 0.465 e. The lowest BCUT2D eigenvalue weighted by Crippen LogP contribution is -2.29. The molecule has 0 saturated heterocycles. The lowest BCUT2D eigenvalue weighted by atomic mass is 9.89. The predicted molar refractivity (Wildman–Crippen MR) is 86.6 cm³/mol. The van der Waals surface area contributed by atoms with Gasteiger partial charge in [-0.2, -0.15) is 0 Å². The van der Waals surface area contributed by atoms with Gasteiger partial charge in [0.05, 0.1) is 16.1 Å². The molecule has 0 aliphatic carbocycles. The minimum atomic E-state index is -1.15. The van der Waals surface area contributed by atoms with Crippen molar-refractivity contribution in [3.8, 4) is 0 Å². The molecule has 4 nitrogen and oxygen atoms in total. The Hall–Kier alpha value is -1.75. The van der Waals surface area contributed by atoms with Gasteiger partial charge in [-0.1, -0.05) is 59.6 Å². The van der Waals surface area contributed by atoms with Gasteiger partial charge in [0, 0.05) is 12.5 Å². The lowest BCUT2D eigenvalue weighted by molar-refractivity contribution is 0.140. The van der Waals surface area contributed by atoms with Crippen LogP contribution in [-0.2, 0) is 0 Å². The molecule has 0 bridgehead atoms. The fourth-order valence-electron chi connectivity index (χ4n) is 2.23. The highest BCUT2D eigenvalue weighted by atomic mass is 35.5. The van der Waals surface area contributed by atoms with Crippen LogP contribution in [0.15, 0.2) is 48.5 Å². The second-order valence-electron chi connectivity index (χ2n) is 4.82. The number of carbonyl (C=O) groups is 1. The summed E-state index contributed by atoms with van der Waals surface area (Å²) in [7, 11) is 0. The van der Waals surface area contributed by atoms with Crippen LogP contribution in [0.4, 0.5) is 4.79 Å². The number of halogens is 2. The summed E-state index contributed by atoms with van der Waals surface area (Å²) in [6.45, 7) is 0.0589. The van der Waals surface area contributed by atoms with E-state index in [9.17, 15) is 9.90 Å². The number of nitrogens with one attached hydrogen (secondary N) is 1. The molecule has 0 unspecified atom stereocenters. The summed E-state index contributed by atoms with van der Waals surface area (Å²) < 4.78 is 0. The average molecular weight is 340 g/mol. The van der Waals surface area contributed by atoms with Gasteiger partial charge in [-0.15, -0.1) is 0 Å². The number of carboxylic acid groups (broad SMARTS) is 1. The van der Waals surface area contributed by atoms with Gasteiger partial charge in [0.2, 0.25) is 0 Å². The Kier molecular flexibility index (Phi) is 5.66. The van der Waals surface area contributed by atoms with Gasteiger partial charge < -0.3 is 15.5 Å². The highest BCUT2D eigenvalue weighted by molar-refractivity contribution is 6.42. The topological polar surface area (TPSA) is 69.6 Å². The molecule has 2 rings (SSSR count). The summed E-state index contributed by atoms with van der Waals surface area (Å²) >= 11 is 11.9. The van der Waals surface area contributed by atoms with Crippen molar-refractivity contribution in [2.24, 2.45) is 0 Å². The van der Waals surface area contributed by atoms with Crippen molar-refractivity contribution in [3.63, 3.8) is 0 Å². The minimum absolute atomic E-state index is 0.0589. The van der Waals surface area contributed by atoms with E-state index in [0.717, 1.165) is 0 Å². The van der Waals surface area contributed by atoms with Crippen LogP contribution < -0.4 is 5.32 Å². The maximum absolute atomic E-state index is 10.8. The maximum Gasteiger partial charge on any atom is 0.404 e. The second kappa shape index (κ2) is 7.49. The van der Waals surface area contributed by atoms with E-state index < -0.39 is 18.1 Å². The van der Waals surface area contributed by atoms with Crippen molar-refractivity contribution in [2.45, 2.75) is 12.0 Å². The molecule has 0 aliphatic rings. The number of aliphatic hydroxyl groups excluding tert-OH is 1. The molecule has 0 aromatic heterocycles. The first kappa shape index (κ1) is 16.6. The summed E-state index contributed by atoms with van der Waals surface area (Å²) in [6, 6.07) is 14.1. The SMILES string of the molecule is O=C(O)NC[C@H](c1ccc(Cl)c(Cl)c1)[C@@H](O)c1ccccc1. The van der Waals surface area contributed by atoms with Crippen LogP contribution in [0.2, 0.25) is 10.0 Å². The summed E-state index contributed by atoms with van der Waals surface area (Å²) in [5.41, 5.74) is 1.41. The first-order chi connectivity index (χ1) is 10.5. The number of amides is 1. The lowest BCUT2D eigenvalue weighted by Gasteiger charge is -2.24. The molecule has 0 spiro atoms. The van der Waals surface area contributed by atoms with Crippen LogP contribution in [0.25, 0.3) is 0 Å². The van der Waals surface area contributed by atoms with E-state index in [1.807, 2.05) is 18.2 Å². The first-order valence-electron chi connectivity index (χ1n) is 6.64. The van der Waals surface area contributed by atoms with Gasteiger partial charge >= 0.3 is 6.09 Å². The standard InChI is InChI=1S/C16H15Cl2NO3/c17-13-7-6-11(8-14(13)18)12(9-19-16(21)22)15(20)10-4-2-1-3-5-10/h1-8,12,15,19-20H,9H2,(H,21,22)/t12-,15+/m1/s1. The van der Waals surface area contributed by atoms with Gasteiger partial charge in [-0.25, -0.2) is 4.79 Å². The molecular formula is C16H15Cl2NO3. The van der Waals surface area contributed by atoms with E-state index in [-0.39, 0.29) is 6.54 Å². The van der Waals surface area contributed by atoms with Crippen LogP contribution in [0, 0.1) is 0 Å². The quantitative estimate of drug-likeness (QED) is 0.768. The summed E-state index contributed by atoms with van der Waals surface area (Å²) in [6.07, 6.45) is -2.02. The Balaban J connectivity index is 2.33. The Morgan fingerprint density at radius 2 is 1.73 bits per heavy atom. The molecule has 0 fully saturated rings. The van der Waals surface area contributed by atoms with Gasteiger partial charge in [-0.3, -0.25) is 0 Å². The third-order valence-corrected chi connectivity index (χ3v) is 4.11. The van der Waals surface area contributed by atoms with E-state index in [2.05, 4.69) is 5.32 Å². The second-order valence-corrected chi connectivity index (χ2v) is 5.64. The minimum Gasteiger partial charge on any atom is -0.465 e. The fourth-order valence-corrected chi connectivity index (χ4v) is 2.54. The van der Waals surface area contributed by atoms with Crippen LogP contribution in [0.5, 0.6) is 0 Å². The van der Waals surface area contributed by atoms with Crippen LogP contribution in [0.1, 0.15) is 23.1 Å². The molecule has 0 aliphatic heterocycles. The zero-order chi connectivity index (χ0) is 16.1. The zero-order valence-corrected chi connectivity index (χ0v) is 13.1. The molecule has 116 valence electrons. The van der Waals surface area contributed by atoms with Crippen molar-refractivity contribution in [3.05, 3.63) is 69.7 Å². The van der Waals surface area contributed by atoms with Crippen LogP contribution in [-0.4, -0.2) is 22.9 Å². The molecule has 2 aromatic rings. The average Bonchev–Trinajstić information content (AvgIpc) is 2.51. The van der Waals surface area contributed by atoms with Crippen molar-refractivity contribution in [2.75, 3.05) is 6.54 Å². The fraction of sp³-hybridized carbons (Fsp3) is 0.188. The highest BCUT2D eigenvalue weighted by Crippen LogP contribution is 2.33. The van der Waals surface area contributed by atoms with Gasteiger partial charge in [0.1, 0.15) is 0 Å². The van der Waals surface area contributed by atoms with Crippen LogP contribution >= 0.6 is 23.2 Å². The number of hydrogen-bond donors (Lipinski definition) is 3. The van der Waals surface area contributed by atoms with Crippen molar-refractivity contribution >= 4 is 29.3 Å². The van der Waals surface area contributed by atoms with Crippen molar-refractivity contribution in [1.29, 1.82) is 0 Å². The molecule has 1 amide bonds. The first-order valence-corrected chi connectivity index (χ1v) is 7.39. The molecule has 6 heteroatoms. The van der Waals surface area contributed by atoms with E-state index >= 15 is 0 Å². The molecular weight excluding hydrogens is 325 g/mol. The summed E-state index contributed by atoms with van der Waals surface area (Å²) in [5, 5.41) is 22.5. The van der Waals surface area contributed by atoms with Crippen molar-refractivity contribution in [1.82, 2.24) is 5.32 Å². The summed E-state index contributed by atoms with van der Waals surface area (Å²) in [5.74, 6) is -0.478. The molecule has 0 heterocycles. The maximum atomic E-state index is 10.8. The molecule has 0 saturated carbocycles. The number of aliphatic hydroxyl groups is 1. The molecule has 0 radical (unpaired) electrons. The molecule has 2 atom stereocenters. The van der Waals surface area contributed by atoms with E-state index in [1.54, 1.807) is 30.3 Å². The predicted octanol–water partition coefficient (Wildman–Crippen LogP) is 4.08. The van der Waals surface area contributed by atoms with Crippen LogP contribution in [0.3, 0.4) is 0 Å².